The number of nitrogens with one attached hydrogen (secondary N) is 1. The van der Waals surface area contributed by atoms with Crippen molar-refractivity contribution < 1.29 is 18.7 Å². The van der Waals surface area contributed by atoms with E-state index in [0.29, 0.717) is 48.5 Å². The van der Waals surface area contributed by atoms with Crippen LogP contribution in [0.15, 0.2) is 41.3 Å². The van der Waals surface area contributed by atoms with E-state index >= 15 is 13.6 Å². The minimum absolute atomic E-state index is 0.0368. The van der Waals surface area contributed by atoms with E-state index < -0.39 is 34.5 Å². The molecule has 2 atom stereocenters. The highest BCUT2D eigenvalue weighted by atomic mass is 35.5. The summed E-state index contributed by atoms with van der Waals surface area (Å²) in [6, 6.07) is 6.32. The fraction of sp³-hybridized carbons (Fsp3) is 0.400. The van der Waals surface area contributed by atoms with Crippen molar-refractivity contribution in [1.82, 2.24) is 19.8 Å². The number of rotatable bonds is 7. The van der Waals surface area contributed by atoms with Gasteiger partial charge in [-0.05, 0) is 63.2 Å². The molecule has 2 aliphatic rings. The quantitative estimate of drug-likeness (QED) is 0.271. The summed E-state index contributed by atoms with van der Waals surface area (Å²) in [5.74, 6) is -2.72. The number of amides is 1. The number of pyridine rings is 2. The predicted octanol–water partition coefficient (Wildman–Crippen LogP) is 5.45. The number of halogens is 3. The zero-order chi connectivity index (χ0) is 33.9. The van der Waals surface area contributed by atoms with Crippen LogP contribution in [-0.4, -0.2) is 77.8 Å². The lowest BCUT2D eigenvalue weighted by molar-refractivity contribution is -0.120. The van der Waals surface area contributed by atoms with Gasteiger partial charge in [-0.1, -0.05) is 38.4 Å². The van der Waals surface area contributed by atoms with Gasteiger partial charge in [0.15, 0.2) is 5.82 Å². The lowest BCUT2D eigenvalue weighted by atomic mass is 9.95. The maximum Gasteiger partial charge on any atom is 0.281 e. The van der Waals surface area contributed by atoms with Crippen LogP contribution >= 0.6 is 11.6 Å². The normalized spacial score (nSPS) is 18.0. The third-order valence-corrected chi connectivity index (χ3v) is 9.41. The molecule has 9 nitrogen and oxygen atoms in total. The zero-order valence-corrected chi connectivity index (χ0v) is 28.1. The summed E-state index contributed by atoms with van der Waals surface area (Å²) in [4.78, 5) is 39.4. The highest BCUT2D eigenvalue weighted by molar-refractivity contribution is 6.35. The molecule has 0 spiro atoms. The molecule has 248 valence electrons. The van der Waals surface area contributed by atoms with Crippen LogP contribution in [0.5, 0.6) is 5.75 Å². The molecule has 47 heavy (non-hydrogen) atoms. The van der Waals surface area contributed by atoms with Gasteiger partial charge in [-0.3, -0.25) is 19.1 Å². The lowest BCUT2D eigenvalue weighted by Gasteiger charge is -2.47. The topological polar surface area (TPSA) is 93.9 Å². The number of hydrogen-bond acceptors (Lipinski definition) is 7. The number of aromatic nitrogens is 2. The molecular formula is C35H39ClF2N6O3. The van der Waals surface area contributed by atoms with Gasteiger partial charge in [0, 0.05) is 49.4 Å². The van der Waals surface area contributed by atoms with Gasteiger partial charge < -0.3 is 25.1 Å². The molecule has 0 bridgehead atoms. The number of phenols is 1. The third-order valence-electron chi connectivity index (χ3n) is 9.12. The average molecular weight is 665 g/mol. The Bertz CT molecular complexity index is 1940. The van der Waals surface area contributed by atoms with Crippen LogP contribution in [0.2, 0.25) is 5.02 Å². The van der Waals surface area contributed by atoms with Gasteiger partial charge in [0.2, 0.25) is 0 Å². The minimum atomic E-state index is -0.968. The molecular weight excluding hydrogens is 626 g/mol. The number of nitrogens with zero attached hydrogens (tertiary/aromatic N) is 5. The Morgan fingerprint density at radius 2 is 1.87 bits per heavy atom. The van der Waals surface area contributed by atoms with Gasteiger partial charge >= 0.3 is 0 Å². The molecule has 2 aliphatic heterocycles. The average Bonchev–Trinajstić information content (AvgIpc) is 3.02. The van der Waals surface area contributed by atoms with Crippen molar-refractivity contribution in [3.05, 3.63) is 74.8 Å². The number of carbonyl (C=O) groups excluding carboxylic acids is 1. The van der Waals surface area contributed by atoms with Crippen molar-refractivity contribution in [2.75, 3.05) is 50.1 Å². The first-order chi connectivity index (χ1) is 22.4. The number of anilines is 2. The van der Waals surface area contributed by atoms with Gasteiger partial charge in [0.25, 0.3) is 11.5 Å². The smallest absolute Gasteiger partial charge is 0.281 e. The molecule has 1 amide bonds. The second kappa shape index (κ2) is 12.5. The summed E-state index contributed by atoms with van der Waals surface area (Å²) in [5.41, 5.74) is 0.742. The number of likely N-dealkylation sites (N-methyl/N-ethyl adjacent to an activating group) is 1. The number of benzene rings is 2. The van der Waals surface area contributed by atoms with Crippen molar-refractivity contribution in [3.63, 3.8) is 0 Å². The number of fused-ring (bicyclic) bond motifs is 5. The zero-order valence-electron chi connectivity index (χ0n) is 27.4. The number of aryl methyl sites for hydroxylation is 1. The second-order valence-electron chi connectivity index (χ2n) is 12.9. The monoisotopic (exact) mass is 664 g/mol. The van der Waals surface area contributed by atoms with Crippen LogP contribution in [0, 0.1) is 11.6 Å². The molecule has 4 aromatic rings. The Morgan fingerprint density at radius 3 is 2.53 bits per heavy atom. The first-order valence-electron chi connectivity index (χ1n) is 15.9. The van der Waals surface area contributed by atoms with Crippen LogP contribution < -0.4 is 20.7 Å². The van der Waals surface area contributed by atoms with Crippen molar-refractivity contribution in [3.8, 4) is 22.6 Å². The molecule has 2 aromatic carbocycles. The van der Waals surface area contributed by atoms with Crippen LogP contribution in [-0.2, 0) is 11.2 Å². The second-order valence-corrected chi connectivity index (χ2v) is 13.3. The minimum Gasteiger partial charge on any atom is -0.507 e. The van der Waals surface area contributed by atoms with Gasteiger partial charge in [-0.2, -0.15) is 0 Å². The molecule has 1 saturated heterocycles. The van der Waals surface area contributed by atoms with E-state index in [1.165, 1.54) is 27.7 Å². The highest BCUT2D eigenvalue weighted by Gasteiger charge is 2.45. The molecule has 12 heteroatoms. The number of piperazine rings is 1. The summed E-state index contributed by atoms with van der Waals surface area (Å²) in [5, 5.41) is 14.3. The molecule has 0 radical (unpaired) electrons. The first-order valence-corrected chi connectivity index (χ1v) is 16.3. The lowest BCUT2D eigenvalue weighted by Crippen LogP contribution is -2.65. The number of aromatic hydroxyl groups is 1. The molecule has 0 unspecified atom stereocenters. The van der Waals surface area contributed by atoms with Crippen molar-refractivity contribution in [2.24, 2.45) is 0 Å². The maximum atomic E-state index is 17.5. The molecule has 0 aliphatic carbocycles. The van der Waals surface area contributed by atoms with Crippen LogP contribution in [0.4, 0.5) is 20.2 Å². The molecule has 1 fully saturated rings. The van der Waals surface area contributed by atoms with Crippen molar-refractivity contribution in [1.29, 1.82) is 0 Å². The third kappa shape index (κ3) is 5.34. The van der Waals surface area contributed by atoms with E-state index in [2.05, 4.69) is 10.3 Å². The van der Waals surface area contributed by atoms with E-state index in [4.69, 9.17) is 11.6 Å². The summed E-state index contributed by atoms with van der Waals surface area (Å²) < 4.78 is 34.1. The Balaban J connectivity index is 1.85. The fourth-order valence-corrected chi connectivity index (χ4v) is 7.14. The van der Waals surface area contributed by atoms with E-state index in [9.17, 15) is 9.90 Å². The molecule has 0 saturated carbocycles. The highest BCUT2D eigenvalue weighted by Crippen LogP contribution is 2.47. The summed E-state index contributed by atoms with van der Waals surface area (Å²) >= 11 is 6.84. The Hall–Kier alpha value is -4.06. The first kappa shape index (κ1) is 32.9. The standard InChI is InChI=1S/C35H39ClF2N6O3/c1-7-20-11-12-39-29(18(2)3)30(20)44-31-21(15-22(36)26(28(31)38)27-23(37)9-8-10-25(27)45)32-33(35(44)47)42(14-13-41(5)6)34(46)24-16-40-19(4)17-43(24)32/h8-12,15,18-19,24,40,45H,7,13-14,16-17H2,1-6H3/t19-,24-/m1/s1. The van der Waals surface area contributed by atoms with Crippen LogP contribution in [0.25, 0.3) is 27.7 Å². The predicted molar refractivity (Wildman–Crippen MR) is 182 cm³/mol. The number of carbonyl (C=O) groups is 1. The number of phenolic OH excluding ortho intramolecular Hbond substituents is 1. The summed E-state index contributed by atoms with van der Waals surface area (Å²) in [6.45, 7) is 9.20. The molecule has 2 aromatic heterocycles. The maximum absolute atomic E-state index is 17.5. The summed E-state index contributed by atoms with van der Waals surface area (Å²) in [7, 11) is 3.77. The largest absolute Gasteiger partial charge is 0.507 e. The van der Waals surface area contributed by atoms with Gasteiger partial charge in [-0.25, -0.2) is 8.78 Å². The van der Waals surface area contributed by atoms with Crippen LogP contribution in [0.3, 0.4) is 0 Å². The Kier molecular flexibility index (Phi) is 8.75. The van der Waals surface area contributed by atoms with Gasteiger partial charge in [0.1, 0.15) is 23.3 Å². The van der Waals surface area contributed by atoms with Crippen molar-refractivity contribution >= 4 is 39.8 Å². The Morgan fingerprint density at radius 1 is 1.13 bits per heavy atom. The molecule has 6 rings (SSSR count). The van der Waals surface area contributed by atoms with Gasteiger partial charge in [-0.15, -0.1) is 0 Å². The number of hydrogen-bond donors (Lipinski definition) is 2. The van der Waals surface area contributed by atoms with E-state index in [1.807, 2.05) is 51.6 Å². The SMILES string of the molecule is CCc1ccnc(C(C)C)c1-n1c(=O)c2c(c3cc(Cl)c(-c4c(O)cccc4F)c(F)c31)N1C[C@@H](C)NC[C@@H]1C(=O)N2CCN(C)C. The van der Waals surface area contributed by atoms with E-state index in [-0.39, 0.29) is 46.2 Å². The molecule has 2 N–H and O–H groups in total. The Labute approximate surface area is 277 Å². The fourth-order valence-electron chi connectivity index (χ4n) is 6.85. The molecule has 4 heterocycles. The van der Waals surface area contributed by atoms with E-state index in [1.54, 1.807) is 12.3 Å². The van der Waals surface area contributed by atoms with Crippen molar-refractivity contribution in [2.45, 2.75) is 52.1 Å². The van der Waals surface area contributed by atoms with Gasteiger partial charge in [0.05, 0.1) is 33.2 Å². The van der Waals surface area contributed by atoms with Crippen LogP contribution in [0.1, 0.15) is 44.9 Å². The summed E-state index contributed by atoms with van der Waals surface area (Å²) in [6.07, 6.45) is 2.17. The van der Waals surface area contributed by atoms with E-state index in [0.717, 1.165) is 11.6 Å².